The van der Waals surface area contributed by atoms with E-state index >= 15 is 0 Å². The predicted octanol–water partition coefficient (Wildman–Crippen LogP) is 3.02. The molecule has 4 heteroatoms. The zero-order valence-corrected chi connectivity index (χ0v) is 10.9. The van der Waals surface area contributed by atoms with E-state index in [0.717, 1.165) is 48.7 Å². The molecule has 3 nitrogen and oxygen atoms in total. The Bertz CT molecular complexity index is 481. The summed E-state index contributed by atoms with van der Waals surface area (Å²) in [6, 6.07) is 5.69. The third-order valence-corrected chi connectivity index (χ3v) is 4.23. The Labute approximate surface area is 111 Å². The fourth-order valence-electron chi connectivity index (χ4n) is 2.99. The van der Waals surface area contributed by atoms with E-state index in [-0.39, 0.29) is 11.3 Å². The minimum absolute atomic E-state index is 0.0538. The highest BCUT2D eigenvalue weighted by atomic mass is 35.5. The average Bonchev–Trinajstić information content (AvgIpc) is 2.45. The first-order chi connectivity index (χ1) is 8.67. The molecule has 1 amide bonds. The lowest BCUT2D eigenvalue weighted by atomic mass is 9.73. The molecule has 1 saturated heterocycles. The van der Waals surface area contributed by atoms with Crippen molar-refractivity contribution in [3.05, 3.63) is 28.8 Å². The SMILES string of the molecule is O=C1CC2(CCOCC2)Cc2cc(Cl)ccc2N1. The molecule has 0 unspecified atom stereocenters. The summed E-state index contributed by atoms with van der Waals surface area (Å²) in [5, 5.41) is 3.71. The number of anilines is 1. The molecular weight excluding hydrogens is 250 g/mol. The van der Waals surface area contributed by atoms with Crippen molar-refractivity contribution in [1.82, 2.24) is 0 Å². The van der Waals surface area contributed by atoms with E-state index in [9.17, 15) is 4.79 Å². The molecule has 18 heavy (non-hydrogen) atoms. The van der Waals surface area contributed by atoms with Gasteiger partial charge in [0.25, 0.3) is 0 Å². The highest BCUT2D eigenvalue weighted by Crippen LogP contribution is 2.42. The lowest BCUT2D eigenvalue weighted by Crippen LogP contribution is -2.33. The van der Waals surface area contributed by atoms with E-state index < -0.39 is 0 Å². The smallest absolute Gasteiger partial charge is 0.224 e. The van der Waals surface area contributed by atoms with Crippen LogP contribution in [0.4, 0.5) is 5.69 Å². The van der Waals surface area contributed by atoms with Gasteiger partial charge in [-0.25, -0.2) is 0 Å². The maximum Gasteiger partial charge on any atom is 0.224 e. The topological polar surface area (TPSA) is 38.3 Å². The molecule has 1 aromatic rings. The van der Waals surface area contributed by atoms with Gasteiger partial charge in [-0.15, -0.1) is 0 Å². The number of benzene rings is 1. The fraction of sp³-hybridized carbons (Fsp3) is 0.500. The summed E-state index contributed by atoms with van der Waals surface area (Å²) in [6.07, 6.45) is 3.40. The molecule has 1 N–H and O–H groups in total. The largest absolute Gasteiger partial charge is 0.381 e. The van der Waals surface area contributed by atoms with Crippen LogP contribution in [0, 0.1) is 5.41 Å². The first-order valence-electron chi connectivity index (χ1n) is 6.33. The van der Waals surface area contributed by atoms with Crippen molar-refractivity contribution in [3.63, 3.8) is 0 Å². The Morgan fingerprint density at radius 1 is 1.22 bits per heavy atom. The average molecular weight is 266 g/mol. The number of fused-ring (bicyclic) bond motifs is 1. The number of ether oxygens (including phenoxy) is 1. The predicted molar refractivity (Wildman–Crippen MR) is 70.9 cm³/mol. The van der Waals surface area contributed by atoms with Crippen molar-refractivity contribution < 1.29 is 9.53 Å². The van der Waals surface area contributed by atoms with Crippen LogP contribution in [-0.2, 0) is 16.0 Å². The number of nitrogens with one attached hydrogen (secondary N) is 1. The Balaban J connectivity index is 1.98. The number of hydrogen-bond acceptors (Lipinski definition) is 2. The number of rotatable bonds is 0. The molecule has 0 atom stereocenters. The van der Waals surface area contributed by atoms with Gasteiger partial charge in [-0.05, 0) is 48.4 Å². The van der Waals surface area contributed by atoms with Gasteiger partial charge in [-0.2, -0.15) is 0 Å². The normalized spacial score (nSPS) is 22.2. The van der Waals surface area contributed by atoms with E-state index in [2.05, 4.69) is 5.32 Å². The van der Waals surface area contributed by atoms with Crippen LogP contribution in [0.25, 0.3) is 0 Å². The van der Waals surface area contributed by atoms with Gasteiger partial charge in [0.05, 0.1) is 0 Å². The summed E-state index contributed by atoms with van der Waals surface area (Å²) in [6.45, 7) is 1.51. The van der Waals surface area contributed by atoms with E-state index in [1.165, 1.54) is 0 Å². The molecule has 1 aromatic carbocycles. The van der Waals surface area contributed by atoms with Crippen LogP contribution in [0.1, 0.15) is 24.8 Å². The second kappa shape index (κ2) is 4.56. The maximum absolute atomic E-state index is 12.0. The number of amides is 1. The summed E-state index contributed by atoms with van der Waals surface area (Å²) in [4.78, 5) is 12.0. The van der Waals surface area contributed by atoms with Crippen LogP contribution < -0.4 is 5.32 Å². The molecule has 1 spiro atoms. The van der Waals surface area contributed by atoms with Crippen LogP contribution in [-0.4, -0.2) is 19.1 Å². The first-order valence-corrected chi connectivity index (χ1v) is 6.71. The molecule has 0 aliphatic carbocycles. The van der Waals surface area contributed by atoms with Crippen molar-refractivity contribution >= 4 is 23.2 Å². The minimum Gasteiger partial charge on any atom is -0.381 e. The first kappa shape index (κ1) is 12.0. The van der Waals surface area contributed by atoms with Crippen LogP contribution in [0.15, 0.2) is 18.2 Å². The van der Waals surface area contributed by atoms with E-state index in [1.807, 2.05) is 18.2 Å². The van der Waals surface area contributed by atoms with Crippen molar-refractivity contribution in [3.8, 4) is 0 Å². The second-order valence-electron chi connectivity index (χ2n) is 5.32. The third-order valence-electron chi connectivity index (χ3n) is 4.00. The van der Waals surface area contributed by atoms with Gasteiger partial charge in [0.1, 0.15) is 0 Å². The number of halogens is 1. The molecule has 96 valence electrons. The summed E-state index contributed by atoms with van der Waals surface area (Å²) < 4.78 is 5.43. The zero-order valence-electron chi connectivity index (χ0n) is 10.2. The standard InChI is InChI=1S/C14H16ClNO2/c15-11-1-2-12-10(7-11)8-14(9-13(17)16-12)3-5-18-6-4-14/h1-2,7H,3-6,8-9H2,(H,16,17). The Morgan fingerprint density at radius 3 is 2.78 bits per heavy atom. The summed E-state index contributed by atoms with van der Waals surface area (Å²) in [7, 11) is 0. The lowest BCUT2D eigenvalue weighted by molar-refractivity contribution is -0.119. The van der Waals surface area contributed by atoms with Gasteiger partial charge >= 0.3 is 0 Å². The molecule has 0 radical (unpaired) electrons. The lowest BCUT2D eigenvalue weighted by Gasteiger charge is -2.35. The second-order valence-corrected chi connectivity index (χ2v) is 5.75. The maximum atomic E-state index is 12.0. The molecule has 1 fully saturated rings. The van der Waals surface area contributed by atoms with Crippen molar-refractivity contribution in [2.24, 2.45) is 5.41 Å². The van der Waals surface area contributed by atoms with Gasteiger partial charge in [0, 0.05) is 30.3 Å². The molecule has 2 heterocycles. The molecule has 0 saturated carbocycles. The van der Waals surface area contributed by atoms with Crippen LogP contribution >= 0.6 is 11.6 Å². The molecule has 2 aliphatic heterocycles. The number of carbonyl (C=O) groups excluding carboxylic acids is 1. The van der Waals surface area contributed by atoms with Crippen molar-refractivity contribution in [2.75, 3.05) is 18.5 Å². The zero-order chi connectivity index (χ0) is 12.6. The number of hydrogen-bond donors (Lipinski definition) is 1. The minimum atomic E-state index is 0.0538. The van der Waals surface area contributed by atoms with E-state index in [0.29, 0.717) is 6.42 Å². The molecule has 2 aliphatic rings. The number of carbonyl (C=O) groups is 1. The molecule has 3 rings (SSSR count). The van der Waals surface area contributed by atoms with Crippen LogP contribution in [0.3, 0.4) is 0 Å². The van der Waals surface area contributed by atoms with Crippen LogP contribution in [0.2, 0.25) is 5.02 Å². The fourth-order valence-corrected chi connectivity index (χ4v) is 3.18. The quantitative estimate of drug-likeness (QED) is 0.783. The van der Waals surface area contributed by atoms with Gasteiger partial charge in [0.2, 0.25) is 5.91 Å². The monoisotopic (exact) mass is 265 g/mol. The summed E-state index contributed by atoms with van der Waals surface area (Å²) in [5.74, 6) is 0.109. The van der Waals surface area contributed by atoms with Crippen LogP contribution in [0.5, 0.6) is 0 Å². The highest BCUT2D eigenvalue weighted by Gasteiger charge is 2.37. The van der Waals surface area contributed by atoms with Gasteiger partial charge < -0.3 is 10.1 Å². The third kappa shape index (κ3) is 2.25. The van der Waals surface area contributed by atoms with Gasteiger partial charge in [-0.1, -0.05) is 11.6 Å². The summed E-state index contributed by atoms with van der Waals surface area (Å²) in [5.41, 5.74) is 2.11. The van der Waals surface area contributed by atoms with Gasteiger partial charge in [0.15, 0.2) is 0 Å². The highest BCUT2D eigenvalue weighted by molar-refractivity contribution is 6.30. The Hall–Kier alpha value is -1.06. The molecular formula is C14H16ClNO2. The van der Waals surface area contributed by atoms with Gasteiger partial charge in [-0.3, -0.25) is 4.79 Å². The Kier molecular flexibility index (Phi) is 3.04. The van der Waals surface area contributed by atoms with E-state index in [4.69, 9.17) is 16.3 Å². The van der Waals surface area contributed by atoms with Crippen molar-refractivity contribution in [2.45, 2.75) is 25.7 Å². The molecule has 0 bridgehead atoms. The van der Waals surface area contributed by atoms with Crippen molar-refractivity contribution in [1.29, 1.82) is 0 Å². The van der Waals surface area contributed by atoms with E-state index in [1.54, 1.807) is 0 Å². The Morgan fingerprint density at radius 2 is 2.00 bits per heavy atom. The molecule has 0 aromatic heterocycles. The summed E-state index contributed by atoms with van der Waals surface area (Å²) >= 11 is 6.06.